The molecule has 0 aliphatic heterocycles. The lowest BCUT2D eigenvalue weighted by Crippen LogP contribution is -2.60. The molecule has 1 aromatic rings. The van der Waals surface area contributed by atoms with Crippen molar-refractivity contribution in [3.8, 4) is 11.5 Å². The van der Waals surface area contributed by atoms with Crippen molar-refractivity contribution in [3.05, 3.63) is 23.8 Å². The van der Waals surface area contributed by atoms with Crippen molar-refractivity contribution in [2.24, 2.45) is 5.41 Å². The van der Waals surface area contributed by atoms with Crippen LogP contribution in [0.3, 0.4) is 0 Å². The van der Waals surface area contributed by atoms with Gasteiger partial charge in [-0.25, -0.2) is 0 Å². The minimum Gasteiger partial charge on any atom is -0.508 e. The second-order valence-electron chi connectivity index (χ2n) is 5.53. The van der Waals surface area contributed by atoms with Crippen LogP contribution in [0.2, 0.25) is 0 Å². The molecule has 1 fully saturated rings. The molecule has 1 aliphatic rings. The van der Waals surface area contributed by atoms with Gasteiger partial charge >= 0.3 is 0 Å². The molecule has 1 aliphatic carbocycles. The highest BCUT2D eigenvalue weighted by atomic mass is 16.5. The van der Waals surface area contributed by atoms with Gasteiger partial charge in [-0.05, 0) is 12.5 Å². The van der Waals surface area contributed by atoms with Crippen LogP contribution in [-0.4, -0.2) is 29.5 Å². The molecule has 2 unspecified atom stereocenters. The first kappa shape index (κ1) is 13.2. The van der Waals surface area contributed by atoms with Crippen LogP contribution in [0, 0.1) is 5.41 Å². The highest BCUT2D eigenvalue weighted by Gasteiger charge is 2.48. The van der Waals surface area contributed by atoms with E-state index in [1.54, 1.807) is 19.2 Å². The Hall–Kier alpha value is -1.26. The van der Waals surface area contributed by atoms with E-state index in [2.05, 4.69) is 19.2 Å². The molecule has 0 aromatic heterocycles. The maximum atomic E-state index is 9.70. The standard InChI is InChI=1S/C14H21NO3/c1-14(2)12(7-13(14)18-3)15-8-9-4-5-10(16)6-11(9)17/h4-6,12-13,15-17H,7-8H2,1-3H3. The quantitative estimate of drug-likeness (QED) is 0.766. The van der Waals surface area contributed by atoms with E-state index in [9.17, 15) is 10.2 Å². The normalized spacial score (nSPS) is 25.7. The molecule has 0 radical (unpaired) electrons. The molecular weight excluding hydrogens is 230 g/mol. The largest absolute Gasteiger partial charge is 0.508 e. The maximum Gasteiger partial charge on any atom is 0.123 e. The highest BCUT2D eigenvalue weighted by molar-refractivity contribution is 5.38. The van der Waals surface area contributed by atoms with E-state index in [-0.39, 0.29) is 16.9 Å². The van der Waals surface area contributed by atoms with Crippen LogP contribution in [0.4, 0.5) is 0 Å². The van der Waals surface area contributed by atoms with Crippen LogP contribution in [0.5, 0.6) is 11.5 Å². The fraction of sp³-hybridized carbons (Fsp3) is 0.571. The lowest BCUT2D eigenvalue weighted by atomic mass is 9.64. The maximum absolute atomic E-state index is 9.70. The molecule has 0 spiro atoms. The van der Waals surface area contributed by atoms with Crippen molar-refractivity contribution in [1.82, 2.24) is 5.32 Å². The molecule has 0 amide bonds. The van der Waals surface area contributed by atoms with Gasteiger partial charge in [0.2, 0.25) is 0 Å². The zero-order chi connectivity index (χ0) is 13.3. The molecule has 1 saturated carbocycles. The van der Waals surface area contributed by atoms with Crippen LogP contribution < -0.4 is 5.32 Å². The summed E-state index contributed by atoms with van der Waals surface area (Å²) >= 11 is 0. The Kier molecular flexibility index (Phi) is 3.50. The van der Waals surface area contributed by atoms with E-state index >= 15 is 0 Å². The van der Waals surface area contributed by atoms with E-state index in [1.807, 2.05) is 0 Å². The summed E-state index contributed by atoms with van der Waals surface area (Å²) in [6.07, 6.45) is 1.28. The van der Waals surface area contributed by atoms with E-state index < -0.39 is 0 Å². The van der Waals surface area contributed by atoms with Crippen molar-refractivity contribution in [3.63, 3.8) is 0 Å². The van der Waals surface area contributed by atoms with Crippen molar-refractivity contribution < 1.29 is 14.9 Å². The number of benzene rings is 1. The molecule has 4 heteroatoms. The second kappa shape index (κ2) is 4.78. The molecule has 0 bridgehead atoms. The number of hydrogen-bond acceptors (Lipinski definition) is 4. The van der Waals surface area contributed by atoms with Gasteiger partial charge in [-0.3, -0.25) is 0 Å². The SMILES string of the molecule is COC1CC(NCc2ccc(O)cc2O)C1(C)C. The topological polar surface area (TPSA) is 61.7 Å². The van der Waals surface area contributed by atoms with Crippen molar-refractivity contribution in [1.29, 1.82) is 0 Å². The minimum absolute atomic E-state index is 0.0830. The monoisotopic (exact) mass is 251 g/mol. The Balaban J connectivity index is 1.93. The summed E-state index contributed by atoms with van der Waals surface area (Å²) in [5.41, 5.74) is 0.908. The Bertz CT molecular complexity index is 431. The Morgan fingerprint density at radius 1 is 1.39 bits per heavy atom. The fourth-order valence-electron chi connectivity index (χ4n) is 2.57. The zero-order valence-electron chi connectivity index (χ0n) is 11.1. The first-order chi connectivity index (χ1) is 8.45. The molecule has 100 valence electrons. The highest BCUT2D eigenvalue weighted by Crippen LogP contribution is 2.42. The van der Waals surface area contributed by atoms with E-state index in [0.29, 0.717) is 18.7 Å². The predicted molar refractivity (Wildman–Crippen MR) is 69.6 cm³/mol. The number of rotatable bonds is 4. The molecule has 0 saturated heterocycles. The number of hydrogen-bond donors (Lipinski definition) is 3. The van der Waals surface area contributed by atoms with Gasteiger partial charge in [0.25, 0.3) is 0 Å². The van der Waals surface area contributed by atoms with Crippen LogP contribution in [0.15, 0.2) is 18.2 Å². The third-order valence-corrected chi connectivity index (χ3v) is 4.07. The predicted octanol–water partition coefficient (Wildman–Crippen LogP) is 2.00. The van der Waals surface area contributed by atoms with Crippen molar-refractivity contribution >= 4 is 0 Å². The summed E-state index contributed by atoms with van der Waals surface area (Å²) in [4.78, 5) is 0. The van der Waals surface area contributed by atoms with Gasteiger partial charge in [0.1, 0.15) is 11.5 Å². The summed E-state index contributed by atoms with van der Waals surface area (Å²) in [5, 5.41) is 22.4. The molecule has 18 heavy (non-hydrogen) atoms. The van der Waals surface area contributed by atoms with Gasteiger partial charge in [0.15, 0.2) is 0 Å². The smallest absolute Gasteiger partial charge is 0.123 e. The van der Waals surface area contributed by atoms with Crippen LogP contribution >= 0.6 is 0 Å². The first-order valence-corrected chi connectivity index (χ1v) is 6.22. The van der Waals surface area contributed by atoms with Gasteiger partial charge in [0.05, 0.1) is 6.10 Å². The van der Waals surface area contributed by atoms with Crippen LogP contribution in [0.1, 0.15) is 25.8 Å². The second-order valence-corrected chi connectivity index (χ2v) is 5.53. The number of phenolic OH excluding ortho intramolecular Hbond substituents is 2. The van der Waals surface area contributed by atoms with Gasteiger partial charge in [-0.2, -0.15) is 0 Å². The summed E-state index contributed by atoms with van der Waals surface area (Å²) < 4.78 is 5.40. The Morgan fingerprint density at radius 2 is 2.11 bits per heavy atom. The average Bonchev–Trinajstić information content (AvgIpc) is 2.30. The fourth-order valence-corrected chi connectivity index (χ4v) is 2.57. The average molecular weight is 251 g/mol. The minimum atomic E-state index is 0.0830. The summed E-state index contributed by atoms with van der Waals surface area (Å²) in [5.74, 6) is 0.211. The Labute approximate surface area is 108 Å². The third-order valence-electron chi connectivity index (χ3n) is 4.07. The molecule has 3 N–H and O–H groups in total. The van der Waals surface area contributed by atoms with Gasteiger partial charge in [-0.15, -0.1) is 0 Å². The number of ether oxygens (including phenoxy) is 1. The lowest BCUT2D eigenvalue weighted by molar-refractivity contribution is -0.0979. The van der Waals surface area contributed by atoms with Crippen LogP contribution in [0.25, 0.3) is 0 Å². The zero-order valence-corrected chi connectivity index (χ0v) is 11.1. The third kappa shape index (κ3) is 2.31. The van der Waals surface area contributed by atoms with Gasteiger partial charge < -0.3 is 20.3 Å². The van der Waals surface area contributed by atoms with E-state index in [1.165, 1.54) is 6.07 Å². The Morgan fingerprint density at radius 3 is 2.67 bits per heavy atom. The van der Waals surface area contributed by atoms with Gasteiger partial charge in [0, 0.05) is 36.7 Å². The number of nitrogens with one attached hydrogen (secondary N) is 1. The lowest BCUT2D eigenvalue weighted by Gasteiger charge is -2.51. The number of phenols is 2. The molecule has 0 heterocycles. The van der Waals surface area contributed by atoms with E-state index in [4.69, 9.17) is 4.74 Å². The summed E-state index contributed by atoms with van der Waals surface area (Å²) in [6, 6.07) is 5.06. The molecule has 1 aromatic carbocycles. The summed E-state index contributed by atoms with van der Waals surface area (Å²) in [7, 11) is 1.74. The van der Waals surface area contributed by atoms with Crippen molar-refractivity contribution in [2.45, 2.75) is 39.0 Å². The van der Waals surface area contributed by atoms with E-state index in [0.717, 1.165) is 12.0 Å². The summed E-state index contributed by atoms with van der Waals surface area (Å²) in [6.45, 7) is 4.95. The molecule has 2 atom stereocenters. The number of aromatic hydroxyl groups is 2. The first-order valence-electron chi connectivity index (χ1n) is 6.22. The molecule has 2 rings (SSSR count). The molecular formula is C14H21NO3. The van der Waals surface area contributed by atoms with Gasteiger partial charge in [-0.1, -0.05) is 19.9 Å². The van der Waals surface area contributed by atoms with Crippen LogP contribution in [-0.2, 0) is 11.3 Å². The number of methoxy groups -OCH3 is 1. The molecule has 4 nitrogen and oxygen atoms in total. The van der Waals surface area contributed by atoms with Crippen molar-refractivity contribution in [2.75, 3.05) is 7.11 Å².